The van der Waals surface area contributed by atoms with Gasteiger partial charge in [0.05, 0.1) is 17.8 Å². The van der Waals surface area contributed by atoms with E-state index in [1.165, 1.54) is 0 Å². The second kappa shape index (κ2) is 3.70. The molecule has 1 aromatic heterocycles. The fraction of sp³-hybridized carbons (Fsp3) is 0.357. The van der Waals surface area contributed by atoms with Crippen molar-refractivity contribution in [1.29, 1.82) is 0 Å². The fourth-order valence-corrected chi connectivity index (χ4v) is 2.60. The van der Waals surface area contributed by atoms with E-state index in [0.717, 1.165) is 22.2 Å². The first kappa shape index (κ1) is 10.5. The number of fused-ring (bicyclic) bond motifs is 3. The summed E-state index contributed by atoms with van der Waals surface area (Å²) in [6, 6.07) is 7.76. The third-order valence-corrected chi connectivity index (χ3v) is 3.36. The standard InChI is InChI=1S/C14H15NO2/c1-9(2)13-12-7-17-8-15(12)11-6-4-3-5-10(11)14(13)16/h3-6,9H,7-8H2,1-2H3. The third kappa shape index (κ3) is 1.42. The first-order valence-electron chi connectivity index (χ1n) is 5.92. The van der Waals surface area contributed by atoms with Gasteiger partial charge in [0.1, 0.15) is 6.73 Å². The summed E-state index contributed by atoms with van der Waals surface area (Å²) in [6.07, 6.45) is 0. The van der Waals surface area contributed by atoms with Gasteiger partial charge in [0.25, 0.3) is 0 Å². The minimum absolute atomic E-state index is 0.160. The second-order valence-electron chi connectivity index (χ2n) is 4.77. The first-order valence-corrected chi connectivity index (χ1v) is 5.92. The van der Waals surface area contributed by atoms with Crippen molar-refractivity contribution in [3.63, 3.8) is 0 Å². The normalized spacial score (nSPS) is 14.5. The van der Waals surface area contributed by atoms with Crippen LogP contribution in [0.3, 0.4) is 0 Å². The van der Waals surface area contributed by atoms with Gasteiger partial charge >= 0.3 is 0 Å². The molecular formula is C14H15NO2. The molecule has 3 rings (SSSR count). The molecule has 88 valence electrons. The molecule has 1 aliphatic rings. The van der Waals surface area contributed by atoms with Crippen LogP contribution < -0.4 is 5.43 Å². The molecule has 0 radical (unpaired) electrons. The van der Waals surface area contributed by atoms with Gasteiger partial charge in [-0.3, -0.25) is 4.79 Å². The van der Waals surface area contributed by atoms with Crippen LogP contribution in [0.4, 0.5) is 0 Å². The van der Waals surface area contributed by atoms with E-state index >= 15 is 0 Å². The Morgan fingerprint density at radius 2 is 2.06 bits per heavy atom. The molecule has 0 fully saturated rings. The summed E-state index contributed by atoms with van der Waals surface area (Å²) in [6.45, 7) is 5.22. The fourth-order valence-electron chi connectivity index (χ4n) is 2.60. The summed E-state index contributed by atoms with van der Waals surface area (Å²) in [5.74, 6) is 0.232. The first-order chi connectivity index (χ1) is 8.20. The van der Waals surface area contributed by atoms with Crippen LogP contribution in [0.1, 0.15) is 31.0 Å². The molecule has 0 aliphatic carbocycles. The molecule has 0 spiro atoms. The minimum Gasteiger partial charge on any atom is -0.355 e. The van der Waals surface area contributed by atoms with E-state index in [0.29, 0.717) is 13.3 Å². The van der Waals surface area contributed by atoms with Crippen LogP contribution in [0, 0.1) is 0 Å². The van der Waals surface area contributed by atoms with Crippen LogP contribution in [-0.4, -0.2) is 4.57 Å². The van der Waals surface area contributed by atoms with Gasteiger partial charge in [-0.2, -0.15) is 0 Å². The van der Waals surface area contributed by atoms with Crippen molar-refractivity contribution in [2.24, 2.45) is 0 Å². The molecule has 0 bridgehead atoms. The van der Waals surface area contributed by atoms with Gasteiger partial charge in [0.2, 0.25) is 0 Å². The van der Waals surface area contributed by atoms with E-state index in [-0.39, 0.29) is 11.3 Å². The van der Waals surface area contributed by atoms with Crippen LogP contribution in [0.5, 0.6) is 0 Å². The molecule has 17 heavy (non-hydrogen) atoms. The van der Waals surface area contributed by atoms with Gasteiger partial charge < -0.3 is 9.30 Å². The molecule has 0 saturated heterocycles. The van der Waals surface area contributed by atoms with Crippen LogP contribution in [0.25, 0.3) is 10.9 Å². The Morgan fingerprint density at radius 3 is 2.82 bits per heavy atom. The molecule has 0 atom stereocenters. The molecule has 1 aliphatic heterocycles. The lowest BCUT2D eigenvalue weighted by Gasteiger charge is -2.14. The lowest BCUT2D eigenvalue weighted by Crippen LogP contribution is -2.18. The smallest absolute Gasteiger partial charge is 0.193 e. The molecule has 0 N–H and O–H groups in total. The highest BCUT2D eigenvalue weighted by molar-refractivity contribution is 5.80. The molecular weight excluding hydrogens is 214 g/mol. The molecule has 3 nitrogen and oxygen atoms in total. The average Bonchev–Trinajstić information content (AvgIpc) is 2.78. The largest absolute Gasteiger partial charge is 0.355 e. The zero-order valence-electron chi connectivity index (χ0n) is 10.1. The van der Waals surface area contributed by atoms with Crippen LogP contribution >= 0.6 is 0 Å². The predicted octanol–water partition coefficient (Wildman–Crippen LogP) is 2.61. The lowest BCUT2D eigenvalue weighted by molar-refractivity contribution is 0.110. The number of hydrogen-bond acceptors (Lipinski definition) is 2. The van der Waals surface area contributed by atoms with E-state index in [1.54, 1.807) is 0 Å². The van der Waals surface area contributed by atoms with Crippen LogP contribution in [-0.2, 0) is 18.1 Å². The van der Waals surface area contributed by atoms with Crippen molar-refractivity contribution in [2.75, 3.05) is 0 Å². The van der Waals surface area contributed by atoms with Crippen molar-refractivity contribution in [3.05, 3.63) is 45.7 Å². The summed E-state index contributed by atoms with van der Waals surface area (Å²) in [7, 11) is 0. The molecule has 0 unspecified atom stereocenters. The van der Waals surface area contributed by atoms with E-state index < -0.39 is 0 Å². The highest BCUT2D eigenvalue weighted by Gasteiger charge is 2.22. The van der Waals surface area contributed by atoms with Crippen LogP contribution in [0.2, 0.25) is 0 Å². The number of para-hydroxylation sites is 1. The third-order valence-electron chi connectivity index (χ3n) is 3.36. The highest BCUT2D eigenvalue weighted by Crippen LogP contribution is 2.25. The van der Waals surface area contributed by atoms with Gasteiger partial charge in [-0.15, -0.1) is 0 Å². The Hall–Kier alpha value is -1.61. The summed E-state index contributed by atoms with van der Waals surface area (Å²) in [5.41, 5.74) is 3.09. The maximum atomic E-state index is 12.5. The maximum Gasteiger partial charge on any atom is 0.193 e. The number of benzene rings is 1. The Balaban J connectivity index is 2.51. The van der Waals surface area contributed by atoms with E-state index in [1.807, 2.05) is 24.3 Å². The monoisotopic (exact) mass is 229 g/mol. The van der Waals surface area contributed by atoms with Gasteiger partial charge in [-0.1, -0.05) is 26.0 Å². The average molecular weight is 229 g/mol. The predicted molar refractivity (Wildman–Crippen MR) is 67.1 cm³/mol. The molecule has 2 heterocycles. The second-order valence-corrected chi connectivity index (χ2v) is 4.77. The zero-order chi connectivity index (χ0) is 12.0. The van der Waals surface area contributed by atoms with Gasteiger partial charge in [-0.25, -0.2) is 0 Å². The van der Waals surface area contributed by atoms with Crippen molar-refractivity contribution in [2.45, 2.75) is 33.1 Å². The number of nitrogens with zero attached hydrogens (tertiary/aromatic N) is 1. The van der Waals surface area contributed by atoms with E-state index in [4.69, 9.17) is 4.74 Å². The topological polar surface area (TPSA) is 31.2 Å². The van der Waals surface area contributed by atoms with Crippen molar-refractivity contribution in [1.82, 2.24) is 4.57 Å². The summed E-state index contributed by atoms with van der Waals surface area (Å²) < 4.78 is 7.61. The summed E-state index contributed by atoms with van der Waals surface area (Å²) >= 11 is 0. The van der Waals surface area contributed by atoms with Crippen molar-refractivity contribution in [3.8, 4) is 0 Å². The van der Waals surface area contributed by atoms with Crippen LogP contribution in [0.15, 0.2) is 29.1 Å². The van der Waals surface area contributed by atoms with Gasteiger partial charge in [0.15, 0.2) is 5.43 Å². The number of ether oxygens (including phenoxy) is 1. The van der Waals surface area contributed by atoms with E-state index in [2.05, 4.69) is 18.4 Å². The van der Waals surface area contributed by atoms with E-state index in [9.17, 15) is 4.79 Å². The molecule has 3 heteroatoms. The van der Waals surface area contributed by atoms with Crippen molar-refractivity contribution < 1.29 is 4.74 Å². The SMILES string of the molecule is CC(C)c1c2n(c3ccccc3c1=O)COC2. The Kier molecular flexibility index (Phi) is 2.30. The summed E-state index contributed by atoms with van der Waals surface area (Å²) in [5, 5.41) is 0.797. The highest BCUT2D eigenvalue weighted by atomic mass is 16.5. The van der Waals surface area contributed by atoms with Gasteiger partial charge in [0, 0.05) is 10.9 Å². The Labute approximate surface area is 99.6 Å². The number of aromatic nitrogens is 1. The van der Waals surface area contributed by atoms with Crippen molar-refractivity contribution >= 4 is 10.9 Å². The van der Waals surface area contributed by atoms with Gasteiger partial charge in [-0.05, 0) is 18.1 Å². The number of pyridine rings is 1. The molecule has 0 amide bonds. The minimum atomic E-state index is 0.160. The molecule has 1 aromatic carbocycles. The maximum absolute atomic E-state index is 12.5. The number of rotatable bonds is 1. The molecule has 0 saturated carbocycles. The Morgan fingerprint density at radius 1 is 1.29 bits per heavy atom. The molecule has 2 aromatic rings. The Bertz CT molecular complexity index is 640. The zero-order valence-corrected chi connectivity index (χ0v) is 10.1. The quantitative estimate of drug-likeness (QED) is 0.752. The number of hydrogen-bond donors (Lipinski definition) is 0. The summed E-state index contributed by atoms with van der Waals surface area (Å²) in [4.78, 5) is 12.5. The lowest BCUT2D eigenvalue weighted by atomic mass is 9.98.